The Bertz CT molecular complexity index is 831. The molecule has 0 aromatic heterocycles. The minimum Gasteiger partial charge on any atom is -0.467 e. The van der Waals surface area contributed by atoms with Gasteiger partial charge in [-0.2, -0.15) is 0 Å². The maximum Gasteiger partial charge on any atom is 0.408 e. The number of methoxy groups -OCH3 is 1. The molecule has 2 aliphatic rings. The fraction of sp³-hybridized carbons (Fsp3) is 0.840. The van der Waals surface area contributed by atoms with E-state index in [4.69, 9.17) is 4.74 Å². The van der Waals surface area contributed by atoms with Gasteiger partial charge in [-0.3, -0.25) is 9.59 Å². The number of nitrogens with one attached hydrogen (secondary N) is 2. The van der Waals surface area contributed by atoms with E-state index in [2.05, 4.69) is 15.4 Å². The zero-order valence-electron chi connectivity index (χ0n) is 22.4. The molecule has 9 nitrogen and oxygen atoms in total. The molecule has 0 spiro atoms. The lowest BCUT2D eigenvalue weighted by molar-refractivity contribution is -0.153. The number of esters is 1. The molecule has 0 radical (unpaired) electrons. The van der Waals surface area contributed by atoms with Gasteiger partial charge < -0.3 is 25.0 Å². The molecule has 1 aliphatic carbocycles. The van der Waals surface area contributed by atoms with E-state index in [0.29, 0.717) is 12.8 Å². The van der Waals surface area contributed by atoms with Gasteiger partial charge in [-0.25, -0.2) is 18.4 Å². The SMILES string of the molecule is COC(=O)[C@@H]1CC(F)(F)CN1C(=O)[C@@H](NC(=O)[C@@H](NC(=O)OC(C)(C)C)C1CCCCC1)C(C)(C)C. The van der Waals surface area contributed by atoms with Gasteiger partial charge in [0, 0.05) is 6.42 Å². The van der Waals surface area contributed by atoms with Crippen LogP contribution in [0, 0.1) is 11.3 Å². The Balaban J connectivity index is 2.30. The third-order valence-corrected chi connectivity index (χ3v) is 6.50. The summed E-state index contributed by atoms with van der Waals surface area (Å²) >= 11 is 0. The third kappa shape index (κ3) is 8.03. The van der Waals surface area contributed by atoms with E-state index in [1.807, 2.05) is 0 Å². The summed E-state index contributed by atoms with van der Waals surface area (Å²) in [6.45, 7) is 9.24. The number of carbonyl (C=O) groups excluding carboxylic acids is 4. The number of rotatable bonds is 6. The molecule has 3 amide bonds. The first-order valence-corrected chi connectivity index (χ1v) is 12.5. The van der Waals surface area contributed by atoms with Crippen molar-refractivity contribution in [3.63, 3.8) is 0 Å². The van der Waals surface area contributed by atoms with Gasteiger partial charge in [-0.05, 0) is 44.9 Å². The minimum absolute atomic E-state index is 0.166. The molecule has 1 aliphatic heterocycles. The van der Waals surface area contributed by atoms with Crippen molar-refractivity contribution >= 4 is 23.9 Å². The van der Waals surface area contributed by atoms with Crippen LogP contribution in [0.5, 0.6) is 0 Å². The quantitative estimate of drug-likeness (QED) is 0.522. The summed E-state index contributed by atoms with van der Waals surface area (Å²) in [5.41, 5.74) is -1.65. The summed E-state index contributed by atoms with van der Waals surface area (Å²) in [7, 11) is 1.07. The maximum atomic E-state index is 14.2. The first-order chi connectivity index (χ1) is 16.4. The van der Waals surface area contributed by atoms with Crippen LogP contribution in [0.3, 0.4) is 0 Å². The highest BCUT2D eigenvalue weighted by Crippen LogP contribution is 2.35. The summed E-state index contributed by atoms with van der Waals surface area (Å²) in [6.07, 6.45) is 2.65. The van der Waals surface area contributed by atoms with Crippen molar-refractivity contribution < 1.29 is 37.4 Å². The number of carbonyl (C=O) groups is 4. The molecule has 1 saturated carbocycles. The second kappa shape index (κ2) is 11.3. The van der Waals surface area contributed by atoms with Crippen LogP contribution in [0.1, 0.15) is 80.1 Å². The number of alkyl halides is 2. The molecule has 0 aromatic rings. The topological polar surface area (TPSA) is 114 Å². The summed E-state index contributed by atoms with van der Waals surface area (Å²) in [5, 5.41) is 5.37. The molecule has 2 rings (SSSR count). The Kier molecular flexibility index (Phi) is 9.34. The summed E-state index contributed by atoms with van der Waals surface area (Å²) in [6, 6.07) is -3.64. The highest BCUT2D eigenvalue weighted by molar-refractivity contribution is 5.94. The van der Waals surface area contributed by atoms with Crippen LogP contribution in [0.4, 0.5) is 13.6 Å². The minimum atomic E-state index is -3.26. The van der Waals surface area contributed by atoms with Crippen LogP contribution in [0.15, 0.2) is 0 Å². The van der Waals surface area contributed by atoms with Crippen molar-refractivity contribution in [2.45, 2.75) is 110 Å². The highest BCUT2D eigenvalue weighted by Gasteiger charge is 2.53. The monoisotopic (exact) mass is 517 g/mol. The number of alkyl carbamates (subject to hydrolysis) is 1. The first kappa shape index (κ1) is 29.8. The third-order valence-electron chi connectivity index (χ3n) is 6.50. The van der Waals surface area contributed by atoms with Gasteiger partial charge in [0.1, 0.15) is 23.7 Å². The summed E-state index contributed by atoms with van der Waals surface area (Å²) in [4.78, 5) is 52.5. The summed E-state index contributed by atoms with van der Waals surface area (Å²) in [5.74, 6) is -5.76. The molecule has 206 valence electrons. The van der Waals surface area contributed by atoms with Gasteiger partial charge in [0.05, 0.1) is 13.7 Å². The summed E-state index contributed by atoms with van der Waals surface area (Å²) < 4.78 is 38.4. The van der Waals surface area contributed by atoms with E-state index in [1.165, 1.54) is 0 Å². The predicted molar refractivity (Wildman–Crippen MR) is 128 cm³/mol. The molecule has 11 heteroatoms. The van der Waals surface area contributed by atoms with E-state index in [-0.39, 0.29) is 5.92 Å². The molecule has 36 heavy (non-hydrogen) atoms. The predicted octanol–water partition coefficient (Wildman–Crippen LogP) is 3.40. The molecular formula is C25H41F2N3O6. The molecule has 1 saturated heterocycles. The Morgan fingerprint density at radius 3 is 2.06 bits per heavy atom. The first-order valence-electron chi connectivity index (χ1n) is 12.5. The Morgan fingerprint density at radius 1 is 0.972 bits per heavy atom. The average molecular weight is 518 g/mol. The van der Waals surface area contributed by atoms with E-state index < -0.39 is 71.9 Å². The van der Waals surface area contributed by atoms with Crippen molar-refractivity contribution in [1.29, 1.82) is 0 Å². The number of nitrogens with zero attached hydrogens (tertiary/aromatic N) is 1. The standard InChI is InChI=1S/C25H41F2N3O6/c1-23(2,3)18(20(32)30-14-25(26,27)13-16(30)21(33)35-7)29-19(31)17(15-11-9-8-10-12-15)28-22(34)36-24(4,5)6/h15-18H,8-14H2,1-7H3,(H,28,34)(H,29,31)/t16-,17-,18+/m0/s1. The number of halogens is 2. The molecule has 2 fully saturated rings. The number of amides is 3. The van der Waals surface area contributed by atoms with Gasteiger partial charge in [0.2, 0.25) is 11.8 Å². The Labute approximate surface area is 212 Å². The van der Waals surface area contributed by atoms with Gasteiger partial charge >= 0.3 is 12.1 Å². The maximum absolute atomic E-state index is 14.2. The van der Waals surface area contributed by atoms with Gasteiger partial charge in [-0.15, -0.1) is 0 Å². The van der Waals surface area contributed by atoms with E-state index in [1.54, 1.807) is 41.5 Å². The Hall–Kier alpha value is -2.46. The zero-order chi connectivity index (χ0) is 27.5. The van der Waals surface area contributed by atoms with Crippen molar-refractivity contribution in [3.8, 4) is 0 Å². The van der Waals surface area contributed by atoms with E-state index in [9.17, 15) is 28.0 Å². The lowest BCUT2D eigenvalue weighted by atomic mass is 9.82. The van der Waals surface area contributed by atoms with Gasteiger partial charge in [-0.1, -0.05) is 40.0 Å². The van der Waals surface area contributed by atoms with Gasteiger partial charge in [0.15, 0.2) is 0 Å². The lowest BCUT2D eigenvalue weighted by Crippen LogP contribution is -2.61. The van der Waals surface area contributed by atoms with Crippen molar-refractivity contribution in [2.24, 2.45) is 11.3 Å². The number of ether oxygens (including phenoxy) is 2. The normalized spacial score (nSPS) is 22.4. The van der Waals surface area contributed by atoms with Crippen molar-refractivity contribution in [3.05, 3.63) is 0 Å². The smallest absolute Gasteiger partial charge is 0.408 e. The van der Waals surface area contributed by atoms with Crippen LogP contribution in [0.25, 0.3) is 0 Å². The average Bonchev–Trinajstić information content (AvgIpc) is 3.08. The van der Waals surface area contributed by atoms with Crippen molar-refractivity contribution in [2.75, 3.05) is 13.7 Å². The lowest BCUT2D eigenvalue weighted by Gasteiger charge is -2.37. The van der Waals surface area contributed by atoms with E-state index in [0.717, 1.165) is 31.3 Å². The second-order valence-corrected chi connectivity index (χ2v) is 11.9. The number of likely N-dealkylation sites (tertiary alicyclic amines) is 1. The van der Waals surface area contributed by atoms with Crippen LogP contribution in [-0.4, -0.2) is 72.1 Å². The Morgan fingerprint density at radius 2 is 1.56 bits per heavy atom. The molecule has 3 atom stereocenters. The van der Waals surface area contributed by atoms with Crippen LogP contribution < -0.4 is 10.6 Å². The molecule has 0 bridgehead atoms. The zero-order valence-corrected chi connectivity index (χ0v) is 22.4. The van der Waals surface area contributed by atoms with Crippen LogP contribution >= 0.6 is 0 Å². The van der Waals surface area contributed by atoms with Gasteiger partial charge in [0.25, 0.3) is 5.92 Å². The van der Waals surface area contributed by atoms with Crippen LogP contribution in [-0.2, 0) is 23.9 Å². The van der Waals surface area contributed by atoms with Crippen LogP contribution in [0.2, 0.25) is 0 Å². The van der Waals surface area contributed by atoms with Crippen molar-refractivity contribution in [1.82, 2.24) is 15.5 Å². The molecular weight excluding hydrogens is 476 g/mol. The fourth-order valence-electron chi connectivity index (χ4n) is 4.74. The largest absolute Gasteiger partial charge is 0.467 e. The number of hydrogen-bond donors (Lipinski definition) is 2. The molecule has 0 unspecified atom stereocenters. The highest BCUT2D eigenvalue weighted by atomic mass is 19.3. The molecule has 1 heterocycles. The fourth-order valence-corrected chi connectivity index (χ4v) is 4.74. The molecule has 0 aromatic carbocycles. The number of hydrogen-bond acceptors (Lipinski definition) is 6. The molecule has 2 N–H and O–H groups in total. The second-order valence-electron chi connectivity index (χ2n) is 11.9. The van der Waals surface area contributed by atoms with E-state index >= 15 is 0 Å².